The summed E-state index contributed by atoms with van der Waals surface area (Å²) in [5.74, 6) is -1.32. The molecule has 2 unspecified atom stereocenters. The van der Waals surface area contributed by atoms with Gasteiger partial charge in [-0.1, -0.05) is 18.2 Å². The maximum atomic E-state index is 12.7. The van der Waals surface area contributed by atoms with Crippen LogP contribution in [0.15, 0.2) is 24.3 Å². The van der Waals surface area contributed by atoms with E-state index in [2.05, 4.69) is 0 Å². The SMILES string of the molecule is NC(C(=O)c1ccccc1C(F)(F)F)C(O)CCl. The zero-order valence-corrected chi connectivity index (χ0v) is 9.87. The van der Waals surface area contributed by atoms with E-state index in [1.54, 1.807) is 0 Å². The Morgan fingerprint density at radius 3 is 2.44 bits per heavy atom. The lowest BCUT2D eigenvalue weighted by Gasteiger charge is -2.18. The van der Waals surface area contributed by atoms with E-state index in [9.17, 15) is 23.1 Å². The van der Waals surface area contributed by atoms with Gasteiger partial charge in [0, 0.05) is 5.56 Å². The van der Waals surface area contributed by atoms with Gasteiger partial charge in [-0.2, -0.15) is 13.2 Å². The molecule has 100 valence electrons. The van der Waals surface area contributed by atoms with E-state index in [4.69, 9.17) is 17.3 Å². The average Bonchev–Trinajstić information content (AvgIpc) is 2.35. The van der Waals surface area contributed by atoms with E-state index < -0.39 is 35.2 Å². The van der Waals surface area contributed by atoms with Crippen LogP contribution in [0.3, 0.4) is 0 Å². The minimum atomic E-state index is -4.65. The molecule has 0 radical (unpaired) electrons. The number of hydrogen-bond donors (Lipinski definition) is 2. The summed E-state index contributed by atoms with van der Waals surface area (Å²) in [5, 5.41) is 9.29. The van der Waals surface area contributed by atoms with E-state index in [0.29, 0.717) is 0 Å². The molecule has 0 fully saturated rings. The molecule has 3 nitrogen and oxygen atoms in total. The maximum Gasteiger partial charge on any atom is 0.417 e. The van der Waals surface area contributed by atoms with Crippen LogP contribution in [-0.4, -0.2) is 28.9 Å². The number of carbonyl (C=O) groups is 1. The fourth-order valence-corrected chi connectivity index (χ4v) is 1.59. The third kappa shape index (κ3) is 3.22. The first-order valence-corrected chi connectivity index (χ1v) is 5.52. The Kier molecular flexibility index (Phi) is 4.72. The summed E-state index contributed by atoms with van der Waals surface area (Å²) in [5.41, 5.74) is 3.72. The number of benzene rings is 1. The number of aliphatic hydroxyl groups excluding tert-OH is 1. The summed E-state index contributed by atoms with van der Waals surface area (Å²) in [4.78, 5) is 11.8. The van der Waals surface area contributed by atoms with E-state index in [-0.39, 0.29) is 5.88 Å². The van der Waals surface area contributed by atoms with Crippen molar-refractivity contribution in [3.8, 4) is 0 Å². The Hall–Kier alpha value is -1.11. The van der Waals surface area contributed by atoms with Crippen LogP contribution in [0.4, 0.5) is 13.2 Å². The standard InChI is InChI=1S/C11H11ClF3NO2/c12-5-8(17)9(16)10(18)6-3-1-2-4-7(6)11(13,14)15/h1-4,8-9,17H,5,16H2. The Morgan fingerprint density at radius 2 is 1.94 bits per heavy atom. The van der Waals surface area contributed by atoms with Crippen LogP contribution in [0, 0.1) is 0 Å². The van der Waals surface area contributed by atoms with Gasteiger partial charge in [-0.25, -0.2) is 0 Å². The number of rotatable bonds is 4. The van der Waals surface area contributed by atoms with Crippen LogP contribution < -0.4 is 5.73 Å². The van der Waals surface area contributed by atoms with Crippen molar-refractivity contribution < 1.29 is 23.1 Å². The van der Waals surface area contributed by atoms with E-state index in [0.717, 1.165) is 12.1 Å². The predicted molar refractivity (Wildman–Crippen MR) is 60.5 cm³/mol. The first-order valence-electron chi connectivity index (χ1n) is 4.99. The van der Waals surface area contributed by atoms with Gasteiger partial charge >= 0.3 is 6.18 Å². The molecular formula is C11H11ClF3NO2. The minimum absolute atomic E-state index is 0.332. The van der Waals surface area contributed by atoms with Crippen LogP contribution in [0.1, 0.15) is 15.9 Å². The van der Waals surface area contributed by atoms with Crippen molar-refractivity contribution in [1.29, 1.82) is 0 Å². The molecule has 7 heteroatoms. The van der Waals surface area contributed by atoms with Crippen molar-refractivity contribution >= 4 is 17.4 Å². The van der Waals surface area contributed by atoms with Crippen molar-refractivity contribution in [2.75, 3.05) is 5.88 Å². The molecule has 1 aromatic rings. The molecule has 0 aliphatic heterocycles. The predicted octanol–water partition coefficient (Wildman–Crippen LogP) is 1.82. The summed E-state index contributed by atoms with van der Waals surface area (Å²) in [6.45, 7) is 0. The second kappa shape index (κ2) is 5.69. The minimum Gasteiger partial charge on any atom is -0.390 e. The van der Waals surface area contributed by atoms with Crippen LogP contribution in [0.25, 0.3) is 0 Å². The molecule has 1 rings (SSSR count). The molecule has 3 N–H and O–H groups in total. The lowest BCUT2D eigenvalue weighted by atomic mass is 9.96. The normalized spacial score (nSPS) is 15.2. The fourth-order valence-electron chi connectivity index (χ4n) is 1.40. The maximum absolute atomic E-state index is 12.7. The Bertz CT molecular complexity index is 437. The van der Waals surface area contributed by atoms with Gasteiger partial charge in [0.15, 0.2) is 5.78 Å². The quantitative estimate of drug-likeness (QED) is 0.653. The molecule has 18 heavy (non-hydrogen) atoms. The average molecular weight is 282 g/mol. The zero-order valence-electron chi connectivity index (χ0n) is 9.12. The number of hydrogen-bond acceptors (Lipinski definition) is 3. The fraction of sp³-hybridized carbons (Fsp3) is 0.364. The Balaban J connectivity index is 3.14. The molecule has 0 aliphatic carbocycles. The molecule has 0 spiro atoms. The molecule has 0 saturated heterocycles. The lowest BCUT2D eigenvalue weighted by Crippen LogP contribution is -2.43. The number of halogens is 4. The van der Waals surface area contributed by atoms with Gasteiger partial charge in [-0.3, -0.25) is 4.79 Å². The molecule has 1 aromatic carbocycles. The topological polar surface area (TPSA) is 63.3 Å². The summed E-state index contributed by atoms with van der Waals surface area (Å²) in [6.07, 6.45) is -6.04. The highest BCUT2D eigenvalue weighted by molar-refractivity contribution is 6.18. The number of alkyl halides is 4. The third-order valence-electron chi connectivity index (χ3n) is 2.37. The molecule has 0 aliphatic rings. The van der Waals surface area contributed by atoms with Crippen molar-refractivity contribution in [3.05, 3.63) is 35.4 Å². The van der Waals surface area contributed by atoms with Crippen LogP contribution >= 0.6 is 11.6 Å². The second-order valence-electron chi connectivity index (χ2n) is 3.66. The van der Waals surface area contributed by atoms with Gasteiger partial charge in [0.2, 0.25) is 0 Å². The van der Waals surface area contributed by atoms with Crippen LogP contribution in [0.5, 0.6) is 0 Å². The second-order valence-corrected chi connectivity index (χ2v) is 3.96. The van der Waals surface area contributed by atoms with Crippen molar-refractivity contribution in [3.63, 3.8) is 0 Å². The smallest absolute Gasteiger partial charge is 0.390 e. The van der Waals surface area contributed by atoms with Gasteiger partial charge in [0.25, 0.3) is 0 Å². The number of ketones is 1. The molecule has 0 saturated carbocycles. The highest BCUT2D eigenvalue weighted by atomic mass is 35.5. The first kappa shape index (κ1) is 14.9. The first-order chi connectivity index (χ1) is 8.29. The van der Waals surface area contributed by atoms with Gasteiger partial charge in [-0.05, 0) is 6.07 Å². The van der Waals surface area contributed by atoms with Crippen molar-refractivity contribution in [2.24, 2.45) is 5.73 Å². The van der Waals surface area contributed by atoms with E-state index in [1.807, 2.05) is 0 Å². The number of Topliss-reactive ketones (excluding diaryl/α,β-unsaturated/α-hetero) is 1. The summed E-state index contributed by atoms with van der Waals surface area (Å²) < 4.78 is 38.0. The van der Waals surface area contributed by atoms with Gasteiger partial charge in [0.1, 0.15) is 0 Å². The number of nitrogens with two attached hydrogens (primary N) is 1. The molecule has 0 aromatic heterocycles. The van der Waals surface area contributed by atoms with Crippen LogP contribution in [0.2, 0.25) is 0 Å². The summed E-state index contributed by atoms with van der Waals surface area (Å²) >= 11 is 5.30. The summed E-state index contributed by atoms with van der Waals surface area (Å²) in [7, 11) is 0. The molecule has 0 bridgehead atoms. The number of aliphatic hydroxyl groups is 1. The van der Waals surface area contributed by atoms with Gasteiger partial charge in [-0.15, -0.1) is 11.6 Å². The molecule has 2 atom stereocenters. The van der Waals surface area contributed by atoms with E-state index >= 15 is 0 Å². The largest absolute Gasteiger partial charge is 0.417 e. The Labute approximate surface area is 106 Å². The van der Waals surface area contributed by atoms with Gasteiger partial charge in [0.05, 0.1) is 23.6 Å². The van der Waals surface area contributed by atoms with E-state index in [1.165, 1.54) is 12.1 Å². The highest BCUT2D eigenvalue weighted by Crippen LogP contribution is 2.32. The molecule has 0 amide bonds. The number of carbonyl (C=O) groups excluding carboxylic acids is 1. The third-order valence-corrected chi connectivity index (χ3v) is 2.69. The summed E-state index contributed by atoms with van der Waals surface area (Å²) in [6, 6.07) is 2.79. The van der Waals surface area contributed by atoms with Gasteiger partial charge < -0.3 is 10.8 Å². The van der Waals surface area contributed by atoms with Crippen molar-refractivity contribution in [2.45, 2.75) is 18.3 Å². The lowest BCUT2D eigenvalue weighted by molar-refractivity contribution is -0.137. The van der Waals surface area contributed by atoms with Crippen LogP contribution in [-0.2, 0) is 6.18 Å². The van der Waals surface area contributed by atoms with Crippen molar-refractivity contribution in [1.82, 2.24) is 0 Å². The zero-order chi connectivity index (χ0) is 13.9. The Morgan fingerprint density at radius 1 is 1.39 bits per heavy atom. The molecule has 0 heterocycles. The highest BCUT2D eigenvalue weighted by Gasteiger charge is 2.36. The molecular weight excluding hydrogens is 271 g/mol. The monoisotopic (exact) mass is 281 g/mol.